The van der Waals surface area contributed by atoms with E-state index in [1.54, 1.807) is 0 Å². The second-order valence-corrected chi connectivity index (χ2v) is 4.34. The molecule has 1 fully saturated rings. The van der Waals surface area contributed by atoms with Gasteiger partial charge in [0.15, 0.2) is 6.29 Å². The summed E-state index contributed by atoms with van der Waals surface area (Å²) in [6.45, 7) is 11.8. The van der Waals surface area contributed by atoms with Crippen LogP contribution in [0.5, 0.6) is 0 Å². The Hall–Kier alpha value is -0.160. The van der Waals surface area contributed by atoms with Crippen molar-refractivity contribution in [3.8, 4) is 0 Å². The van der Waals surface area contributed by atoms with Gasteiger partial charge in [0.1, 0.15) is 0 Å². The number of aliphatic hydroxyl groups excluding tert-OH is 1. The van der Waals surface area contributed by atoms with Crippen molar-refractivity contribution in [2.24, 2.45) is 0 Å². The summed E-state index contributed by atoms with van der Waals surface area (Å²) in [6.07, 6.45) is -0.624. The molecule has 4 heteroatoms. The number of β-amino-alcohol motifs (C(OH)–C–C–N with tert-alkyl or cyclic N) is 1. The lowest BCUT2D eigenvalue weighted by Gasteiger charge is -2.37. The Bertz CT molecular complexity index is 168. The number of hydrogen-bond acceptors (Lipinski definition) is 4. The Kier molecular flexibility index (Phi) is 5.53. The van der Waals surface area contributed by atoms with Crippen molar-refractivity contribution in [1.82, 2.24) is 9.80 Å². The summed E-state index contributed by atoms with van der Waals surface area (Å²) in [7, 11) is 0. The van der Waals surface area contributed by atoms with Gasteiger partial charge in [0.25, 0.3) is 0 Å². The van der Waals surface area contributed by atoms with Crippen LogP contribution in [-0.4, -0.2) is 66.6 Å². The molecule has 0 amide bonds. The minimum Gasteiger partial charge on any atom is -0.367 e. The molecule has 4 nitrogen and oxygen atoms in total. The van der Waals surface area contributed by atoms with E-state index < -0.39 is 6.29 Å². The van der Waals surface area contributed by atoms with E-state index in [4.69, 9.17) is 4.74 Å². The van der Waals surface area contributed by atoms with Crippen molar-refractivity contribution in [2.75, 3.05) is 39.3 Å². The lowest BCUT2D eigenvalue weighted by molar-refractivity contribution is -0.113. The highest BCUT2D eigenvalue weighted by Crippen LogP contribution is 2.06. The summed E-state index contributed by atoms with van der Waals surface area (Å²) in [5.41, 5.74) is 0. The van der Waals surface area contributed by atoms with Crippen LogP contribution >= 0.6 is 0 Å². The molecule has 15 heavy (non-hydrogen) atoms. The molecule has 1 saturated heterocycles. The van der Waals surface area contributed by atoms with E-state index in [0.717, 1.165) is 26.2 Å². The summed E-state index contributed by atoms with van der Waals surface area (Å²) >= 11 is 0. The first-order valence-electron chi connectivity index (χ1n) is 5.89. The molecule has 0 bridgehead atoms. The van der Waals surface area contributed by atoms with Crippen molar-refractivity contribution in [2.45, 2.75) is 33.1 Å². The van der Waals surface area contributed by atoms with Gasteiger partial charge in [-0.2, -0.15) is 0 Å². The smallest absolute Gasteiger partial charge is 0.167 e. The summed E-state index contributed by atoms with van der Waals surface area (Å²) in [6, 6.07) is 0.629. The highest BCUT2D eigenvalue weighted by Gasteiger charge is 2.20. The quantitative estimate of drug-likeness (QED) is 0.674. The van der Waals surface area contributed by atoms with Gasteiger partial charge in [0, 0.05) is 45.4 Å². The number of ether oxygens (including phenoxy) is 1. The van der Waals surface area contributed by atoms with Crippen LogP contribution in [-0.2, 0) is 4.74 Å². The molecule has 1 N–H and O–H groups in total. The van der Waals surface area contributed by atoms with Gasteiger partial charge < -0.3 is 9.84 Å². The average molecular weight is 216 g/mol. The second kappa shape index (κ2) is 6.43. The fraction of sp³-hybridized carbons (Fsp3) is 1.00. The van der Waals surface area contributed by atoms with E-state index in [9.17, 15) is 5.11 Å². The zero-order chi connectivity index (χ0) is 11.3. The lowest BCUT2D eigenvalue weighted by atomic mass is 10.2. The average Bonchev–Trinajstić information content (AvgIpc) is 2.18. The minimum atomic E-state index is -0.624. The monoisotopic (exact) mass is 216 g/mol. The number of hydrogen-bond donors (Lipinski definition) is 1. The molecule has 1 aliphatic heterocycles. The van der Waals surface area contributed by atoms with Crippen LogP contribution in [0.4, 0.5) is 0 Å². The van der Waals surface area contributed by atoms with Crippen molar-refractivity contribution in [3.05, 3.63) is 0 Å². The largest absolute Gasteiger partial charge is 0.367 e. The van der Waals surface area contributed by atoms with Crippen molar-refractivity contribution in [1.29, 1.82) is 0 Å². The first kappa shape index (κ1) is 12.9. The SMILES string of the molecule is CCOC(O)CN1CCN(C(C)C)CC1. The Morgan fingerprint density at radius 1 is 1.20 bits per heavy atom. The first-order valence-corrected chi connectivity index (χ1v) is 5.89. The summed E-state index contributed by atoms with van der Waals surface area (Å²) in [5, 5.41) is 9.50. The maximum atomic E-state index is 9.50. The molecule has 0 spiro atoms. The van der Waals surface area contributed by atoms with Gasteiger partial charge in [0.05, 0.1) is 0 Å². The van der Waals surface area contributed by atoms with Gasteiger partial charge in [0.2, 0.25) is 0 Å². The number of aliphatic hydroxyl groups is 1. The summed E-state index contributed by atoms with van der Waals surface area (Å²) in [4.78, 5) is 4.72. The second-order valence-electron chi connectivity index (χ2n) is 4.34. The molecule has 1 heterocycles. The Balaban J connectivity index is 2.19. The topological polar surface area (TPSA) is 35.9 Å². The molecule has 0 saturated carbocycles. The standard InChI is InChI=1S/C11H24N2O2/c1-4-15-11(14)9-12-5-7-13(8-6-12)10(2)3/h10-11,14H,4-9H2,1-3H3. The molecule has 1 aliphatic rings. The predicted molar refractivity (Wildman–Crippen MR) is 60.8 cm³/mol. The fourth-order valence-electron chi connectivity index (χ4n) is 1.93. The van der Waals surface area contributed by atoms with Crippen LogP contribution in [0.2, 0.25) is 0 Å². The maximum Gasteiger partial charge on any atom is 0.167 e. The molecule has 1 unspecified atom stereocenters. The molecule has 0 radical (unpaired) electrons. The van der Waals surface area contributed by atoms with E-state index in [1.807, 2.05) is 6.92 Å². The molecule has 90 valence electrons. The molecular formula is C11H24N2O2. The molecule has 0 aromatic rings. The summed E-state index contributed by atoms with van der Waals surface area (Å²) in [5.74, 6) is 0. The number of piperazine rings is 1. The molecule has 1 atom stereocenters. The highest BCUT2D eigenvalue weighted by molar-refractivity contribution is 4.74. The van der Waals surface area contributed by atoms with E-state index >= 15 is 0 Å². The third kappa shape index (κ3) is 4.47. The van der Waals surface area contributed by atoms with Gasteiger partial charge in [-0.1, -0.05) is 0 Å². The van der Waals surface area contributed by atoms with Crippen molar-refractivity contribution in [3.63, 3.8) is 0 Å². The Morgan fingerprint density at radius 3 is 2.27 bits per heavy atom. The zero-order valence-corrected chi connectivity index (χ0v) is 10.1. The van der Waals surface area contributed by atoms with Crippen LogP contribution in [0.25, 0.3) is 0 Å². The first-order chi connectivity index (χ1) is 7.13. The molecule has 0 aliphatic carbocycles. The number of nitrogens with zero attached hydrogens (tertiary/aromatic N) is 2. The highest BCUT2D eigenvalue weighted by atomic mass is 16.6. The van der Waals surface area contributed by atoms with Crippen LogP contribution in [0, 0.1) is 0 Å². The van der Waals surface area contributed by atoms with Gasteiger partial charge in [-0.25, -0.2) is 0 Å². The van der Waals surface area contributed by atoms with Crippen LogP contribution < -0.4 is 0 Å². The van der Waals surface area contributed by atoms with Gasteiger partial charge in [-0.3, -0.25) is 9.80 Å². The fourth-order valence-corrected chi connectivity index (χ4v) is 1.93. The van der Waals surface area contributed by atoms with E-state index in [2.05, 4.69) is 23.6 Å². The molecule has 1 rings (SSSR count). The third-order valence-corrected chi connectivity index (χ3v) is 2.91. The zero-order valence-electron chi connectivity index (χ0n) is 10.1. The maximum absolute atomic E-state index is 9.50. The third-order valence-electron chi connectivity index (χ3n) is 2.91. The predicted octanol–water partition coefficient (Wildman–Crippen LogP) is 0.367. The van der Waals surface area contributed by atoms with E-state index in [0.29, 0.717) is 19.2 Å². The van der Waals surface area contributed by atoms with Gasteiger partial charge in [-0.05, 0) is 20.8 Å². The van der Waals surface area contributed by atoms with Crippen molar-refractivity contribution < 1.29 is 9.84 Å². The number of rotatable bonds is 5. The minimum absolute atomic E-state index is 0.577. The molecule has 0 aromatic carbocycles. The molecule has 0 aromatic heterocycles. The van der Waals surface area contributed by atoms with E-state index in [-0.39, 0.29) is 0 Å². The van der Waals surface area contributed by atoms with Crippen molar-refractivity contribution >= 4 is 0 Å². The molecular weight excluding hydrogens is 192 g/mol. The van der Waals surface area contributed by atoms with E-state index in [1.165, 1.54) is 0 Å². The van der Waals surface area contributed by atoms with Gasteiger partial charge >= 0.3 is 0 Å². The van der Waals surface area contributed by atoms with Crippen LogP contribution in [0.1, 0.15) is 20.8 Å². The summed E-state index contributed by atoms with van der Waals surface area (Å²) < 4.78 is 5.12. The van der Waals surface area contributed by atoms with Crippen LogP contribution in [0.15, 0.2) is 0 Å². The normalized spacial score (nSPS) is 22.2. The lowest BCUT2D eigenvalue weighted by Crippen LogP contribution is -2.50. The van der Waals surface area contributed by atoms with Gasteiger partial charge in [-0.15, -0.1) is 0 Å². The van der Waals surface area contributed by atoms with Crippen LogP contribution in [0.3, 0.4) is 0 Å². The Morgan fingerprint density at radius 2 is 1.80 bits per heavy atom. The Labute approximate surface area is 92.8 Å².